The number of nitrogens with one attached hydrogen (secondary N) is 1. The molecule has 25 heavy (non-hydrogen) atoms. The molecule has 0 spiro atoms. The summed E-state index contributed by atoms with van der Waals surface area (Å²) in [5.74, 6) is -0.0867. The topological polar surface area (TPSA) is 79.6 Å². The predicted molar refractivity (Wildman–Crippen MR) is 96.8 cm³/mol. The largest absolute Gasteiger partial charge is 0.472 e. The highest BCUT2D eigenvalue weighted by atomic mass is 79.9. The van der Waals surface area contributed by atoms with Gasteiger partial charge in [-0.3, -0.25) is 4.79 Å². The lowest BCUT2D eigenvalue weighted by molar-refractivity contribution is 0.0710. The first-order chi connectivity index (χ1) is 11.9. The van der Waals surface area contributed by atoms with E-state index in [1.807, 2.05) is 6.92 Å². The summed E-state index contributed by atoms with van der Waals surface area (Å²) in [6.07, 6.45) is 4.04. The van der Waals surface area contributed by atoms with E-state index < -0.39 is 10.0 Å². The number of halogens is 1. The summed E-state index contributed by atoms with van der Waals surface area (Å²) < 4.78 is 33.4. The summed E-state index contributed by atoms with van der Waals surface area (Å²) in [6.45, 7) is 2.92. The van der Waals surface area contributed by atoms with Crippen molar-refractivity contribution in [3.05, 3.63) is 52.4 Å². The van der Waals surface area contributed by atoms with Gasteiger partial charge < -0.3 is 9.32 Å². The van der Waals surface area contributed by atoms with Gasteiger partial charge in [-0.15, -0.1) is 0 Å². The van der Waals surface area contributed by atoms with Crippen LogP contribution in [0.4, 0.5) is 0 Å². The summed E-state index contributed by atoms with van der Waals surface area (Å²) in [5, 5.41) is 0. The fourth-order valence-electron chi connectivity index (χ4n) is 2.88. The van der Waals surface area contributed by atoms with Gasteiger partial charge in [-0.05, 0) is 59.5 Å². The molecule has 0 unspecified atom stereocenters. The van der Waals surface area contributed by atoms with Gasteiger partial charge in [0.1, 0.15) is 6.26 Å². The Kier molecular flexibility index (Phi) is 5.31. The van der Waals surface area contributed by atoms with Crippen molar-refractivity contribution in [3.63, 3.8) is 0 Å². The van der Waals surface area contributed by atoms with Crippen molar-refractivity contribution in [3.8, 4) is 0 Å². The first kappa shape index (κ1) is 18.2. The van der Waals surface area contributed by atoms with Crippen molar-refractivity contribution in [2.75, 3.05) is 13.1 Å². The highest BCUT2D eigenvalue weighted by molar-refractivity contribution is 9.10. The molecule has 1 amide bonds. The third kappa shape index (κ3) is 4.13. The van der Waals surface area contributed by atoms with Gasteiger partial charge in [0.05, 0.1) is 16.7 Å². The molecule has 1 fully saturated rings. The lowest BCUT2D eigenvalue weighted by atomic mass is 10.1. The molecule has 0 radical (unpaired) electrons. The Morgan fingerprint density at radius 1 is 1.28 bits per heavy atom. The summed E-state index contributed by atoms with van der Waals surface area (Å²) in [5.41, 5.74) is 1.50. The smallest absolute Gasteiger partial charge is 0.257 e. The molecule has 2 heterocycles. The van der Waals surface area contributed by atoms with Gasteiger partial charge in [-0.1, -0.05) is 6.07 Å². The second kappa shape index (κ2) is 7.31. The van der Waals surface area contributed by atoms with Crippen molar-refractivity contribution in [2.24, 2.45) is 0 Å². The van der Waals surface area contributed by atoms with Crippen LogP contribution >= 0.6 is 15.9 Å². The molecule has 2 aromatic rings. The minimum atomic E-state index is -3.60. The van der Waals surface area contributed by atoms with Gasteiger partial charge in [-0.2, -0.15) is 0 Å². The number of furan rings is 1. The molecular weight excluding hydrogens is 408 g/mol. The van der Waals surface area contributed by atoms with E-state index >= 15 is 0 Å². The molecule has 1 aliphatic heterocycles. The number of nitrogens with zero attached hydrogens (tertiary/aromatic N) is 1. The fraction of sp³-hybridized carbons (Fsp3) is 0.353. The maximum Gasteiger partial charge on any atom is 0.257 e. The Morgan fingerprint density at radius 3 is 2.60 bits per heavy atom. The molecule has 134 valence electrons. The van der Waals surface area contributed by atoms with Gasteiger partial charge in [0.2, 0.25) is 10.0 Å². The molecule has 0 aliphatic carbocycles. The van der Waals surface area contributed by atoms with E-state index in [1.165, 1.54) is 12.5 Å². The van der Waals surface area contributed by atoms with Crippen LogP contribution in [0.25, 0.3) is 0 Å². The van der Waals surface area contributed by atoms with Crippen LogP contribution in [-0.4, -0.2) is 38.4 Å². The Morgan fingerprint density at radius 2 is 2.00 bits per heavy atom. The average molecular weight is 427 g/mol. The highest BCUT2D eigenvalue weighted by Crippen LogP contribution is 2.24. The Hall–Kier alpha value is -1.64. The maximum absolute atomic E-state index is 12.6. The van der Waals surface area contributed by atoms with Crippen molar-refractivity contribution in [2.45, 2.75) is 30.7 Å². The molecule has 1 aromatic heterocycles. The Labute approximate surface area is 155 Å². The average Bonchev–Trinajstić information content (AvgIpc) is 3.08. The zero-order valence-electron chi connectivity index (χ0n) is 13.7. The van der Waals surface area contributed by atoms with Gasteiger partial charge in [0.25, 0.3) is 5.91 Å². The molecule has 1 saturated heterocycles. The van der Waals surface area contributed by atoms with Crippen LogP contribution in [0.15, 0.2) is 50.6 Å². The second-order valence-corrected chi connectivity index (χ2v) is 8.67. The molecule has 1 aliphatic rings. The Bertz CT molecular complexity index is 857. The minimum absolute atomic E-state index is 0.0867. The highest BCUT2D eigenvalue weighted by Gasteiger charge is 2.28. The van der Waals surface area contributed by atoms with Crippen LogP contribution in [0.3, 0.4) is 0 Å². The summed E-state index contributed by atoms with van der Waals surface area (Å²) in [4.78, 5) is 14.2. The van der Waals surface area contributed by atoms with E-state index in [-0.39, 0.29) is 16.8 Å². The molecular formula is C17H19BrN2O4S. The van der Waals surface area contributed by atoms with Crippen LogP contribution < -0.4 is 4.72 Å². The van der Waals surface area contributed by atoms with E-state index in [0.29, 0.717) is 36.0 Å². The summed E-state index contributed by atoms with van der Waals surface area (Å²) in [7, 11) is -3.60. The van der Waals surface area contributed by atoms with Gasteiger partial charge in [0.15, 0.2) is 0 Å². The van der Waals surface area contributed by atoms with E-state index in [2.05, 4.69) is 20.7 Å². The normalized spacial score (nSPS) is 16.2. The van der Waals surface area contributed by atoms with E-state index in [1.54, 1.807) is 29.2 Å². The quantitative estimate of drug-likeness (QED) is 0.814. The maximum atomic E-state index is 12.6. The zero-order valence-corrected chi connectivity index (χ0v) is 16.1. The van der Waals surface area contributed by atoms with Crippen LogP contribution in [0.5, 0.6) is 0 Å². The van der Waals surface area contributed by atoms with E-state index in [4.69, 9.17) is 4.42 Å². The summed E-state index contributed by atoms with van der Waals surface area (Å²) in [6, 6.07) is 6.59. The number of amides is 1. The standard InChI is InChI=1S/C17H19BrN2O4S/c1-12-2-3-16(15(18)10-12)25(22,23)19-14-4-7-20(8-5-14)17(21)13-6-9-24-11-13/h2-3,6,9-11,14,19H,4-5,7-8H2,1H3. The second-order valence-electron chi connectivity index (χ2n) is 6.13. The number of carbonyl (C=O) groups is 1. The lowest BCUT2D eigenvalue weighted by Gasteiger charge is -2.32. The van der Waals surface area contributed by atoms with Crippen molar-refractivity contribution >= 4 is 31.9 Å². The third-order valence-electron chi connectivity index (χ3n) is 4.25. The number of carbonyl (C=O) groups excluding carboxylic acids is 1. The SMILES string of the molecule is Cc1ccc(S(=O)(=O)NC2CCN(C(=O)c3ccoc3)CC2)c(Br)c1. The third-order valence-corrected chi connectivity index (χ3v) is 6.75. The Balaban J connectivity index is 1.62. The molecule has 6 nitrogen and oxygen atoms in total. The van der Waals surface area contributed by atoms with Gasteiger partial charge in [0, 0.05) is 23.6 Å². The number of hydrogen-bond acceptors (Lipinski definition) is 4. The molecule has 0 saturated carbocycles. The molecule has 8 heteroatoms. The minimum Gasteiger partial charge on any atom is -0.472 e. The number of hydrogen-bond donors (Lipinski definition) is 1. The lowest BCUT2D eigenvalue weighted by Crippen LogP contribution is -2.46. The van der Waals surface area contributed by atoms with Crippen LogP contribution in [0, 0.1) is 6.92 Å². The number of likely N-dealkylation sites (tertiary alicyclic amines) is 1. The van der Waals surface area contributed by atoms with Crippen LogP contribution in [0.2, 0.25) is 0 Å². The molecule has 0 bridgehead atoms. The van der Waals surface area contributed by atoms with Crippen molar-refractivity contribution < 1.29 is 17.6 Å². The molecule has 1 aromatic carbocycles. The van der Waals surface area contributed by atoms with Gasteiger partial charge in [-0.25, -0.2) is 13.1 Å². The molecule has 1 N–H and O–H groups in total. The summed E-state index contributed by atoms with van der Waals surface area (Å²) >= 11 is 3.32. The zero-order chi connectivity index (χ0) is 18.0. The fourth-order valence-corrected chi connectivity index (χ4v) is 5.37. The van der Waals surface area contributed by atoms with E-state index in [0.717, 1.165) is 5.56 Å². The predicted octanol–water partition coefficient (Wildman–Crippen LogP) is 2.93. The van der Waals surface area contributed by atoms with Crippen LogP contribution in [-0.2, 0) is 10.0 Å². The van der Waals surface area contributed by atoms with Crippen molar-refractivity contribution in [1.29, 1.82) is 0 Å². The number of rotatable bonds is 4. The first-order valence-electron chi connectivity index (χ1n) is 7.97. The molecule has 0 atom stereocenters. The van der Waals surface area contributed by atoms with Crippen LogP contribution in [0.1, 0.15) is 28.8 Å². The number of benzene rings is 1. The van der Waals surface area contributed by atoms with Gasteiger partial charge >= 0.3 is 0 Å². The monoisotopic (exact) mass is 426 g/mol. The number of sulfonamides is 1. The molecule has 3 rings (SSSR count). The van der Waals surface area contributed by atoms with Crippen molar-refractivity contribution in [1.82, 2.24) is 9.62 Å². The number of aryl methyl sites for hydroxylation is 1. The first-order valence-corrected chi connectivity index (χ1v) is 10.2. The van der Waals surface area contributed by atoms with E-state index in [9.17, 15) is 13.2 Å². The number of piperidine rings is 1.